The molecule has 0 aliphatic carbocycles. The maximum Gasteiger partial charge on any atom is 0.271 e. The van der Waals surface area contributed by atoms with Crippen molar-refractivity contribution in [2.45, 2.75) is 40.3 Å². The molecule has 1 aromatic heterocycles. The summed E-state index contributed by atoms with van der Waals surface area (Å²) in [5, 5.41) is 4.36. The molecule has 0 unspecified atom stereocenters. The third-order valence-corrected chi connectivity index (χ3v) is 6.34. The van der Waals surface area contributed by atoms with Gasteiger partial charge in [0, 0.05) is 25.0 Å². The highest BCUT2D eigenvalue weighted by molar-refractivity contribution is 6.42. The SMILES string of the molecule is COc1c(C(=O)NCCCN(C)Cc2ccccc2)n(CC(C)(C)C)c(=O)c2cc(Cl)c(Cl)cc12.Cl. The summed E-state index contributed by atoms with van der Waals surface area (Å²) >= 11 is 12.4. The molecule has 9 heteroatoms. The topological polar surface area (TPSA) is 63.6 Å². The molecule has 1 heterocycles. The number of benzene rings is 2. The largest absolute Gasteiger partial charge is 0.494 e. The van der Waals surface area contributed by atoms with Gasteiger partial charge in [0.1, 0.15) is 0 Å². The highest BCUT2D eigenvalue weighted by atomic mass is 35.5. The zero-order valence-corrected chi connectivity index (χ0v) is 23.7. The van der Waals surface area contributed by atoms with Gasteiger partial charge in [-0.1, -0.05) is 74.3 Å². The van der Waals surface area contributed by atoms with Crippen molar-refractivity contribution in [2.75, 3.05) is 27.2 Å². The number of hydrogen-bond acceptors (Lipinski definition) is 4. The summed E-state index contributed by atoms with van der Waals surface area (Å²) in [6, 6.07) is 13.4. The number of nitrogens with one attached hydrogen (secondary N) is 1. The van der Waals surface area contributed by atoms with Crippen LogP contribution in [-0.2, 0) is 13.1 Å². The highest BCUT2D eigenvalue weighted by Gasteiger charge is 2.26. The van der Waals surface area contributed by atoms with Gasteiger partial charge in [0.15, 0.2) is 11.4 Å². The van der Waals surface area contributed by atoms with Crippen LogP contribution in [0.4, 0.5) is 0 Å². The molecule has 0 saturated heterocycles. The number of carbonyl (C=O) groups excluding carboxylic acids is 1. The van der Waals surface area contributed by atoms with Crippen LogP contribution in [0.1, 0.15) is 43.2 Å². The van der Waals surface area contributed by atoms with Gasteiger partial charge in [-0.3, -0.25) is 14.2 Å². The molecule has 36 heavy (non-hydrogen) atoms. The molecule has 1 amide bonds. The highest BCUT2D eigenvalue weighted by Crippen LogP contribution is 2.34. The van der Waals surface area contributed by atoms with E-state index in [1.165, 1.54) is 23.3 Å². The fourth-order valence-electron chi connectivity index (χ4n) is 4.08. The molecule has 0 atom stereocenters. The van der Waals surface area contributed by atoms with E-state index in [0.29, 0.717) is 34.6 Å². The van der Waals surface area contributed by atoms with Crippen LogP contribution in [0.3, 0.4) is 0 Å². The first-order chi connectivity index (χ1) is 16.5. The van der Waals surface area contributed by atoms with E-state index in [9.17, 15) is 9.59 Å². The van der Waals surface area contributed by atoms with Crippen molar-refractivity contribution < 1.29 is 9.53 Å². The smallest absolute Gasteiger partial charge is 0.271 e. The Kier molecular flexibility index (Phi) is 10.7. The Morgan fingerprint density at radius 1 is 1.08 bits per heavy atom. The second-order valence-corrected chi connectivity index (χ2v) is 10.8. The average Bonchev–Trinajstić information content (AvgIpc) is 2.79. The number of ether oxygens (including phenoxy) is 1. The first-order valence-corrected chi connectivity index (χ1v) is 12.4. The van der Waals surface area contributed by atoms with Crippen LogP contribution in [0.5, 0.6) is 5.75 Å². The van der Waals surface area contributed by atoms with E-state index >= 15 is 0 Å². The molecule has 2 aromatic carbocycles. The van der Waals surface area contributed by atoms with Gasteiger partial charge in [0.25, 0.3) is 11.5 Å². The number of methoxy groups -OCH3 is 1. The Balaban J connectivity index is 0.00000456. The Morgan fingerprint density at radius 3 is 2.28 bits per heavy atom. The van der Waals surface area contributed by atoms with Crippen molar-refractivity contribution in [3.05, 3.63) is 74.1 Å². The first kappa shape index (κ1) is 30.0. The number of pyridine rings is 1. The molecule has 0 spiro atoms. The standard InChI is InChI=1S/C27H33Cl2N3O3.ClH/c1-27(2,3)17-32-23(24(35-5)19-14-21(28)22(29)15-20(19)26(32)34)25(33)30-12-9-13-31(4)16-18-10-7-6-8-11-18;/h6-8,10-11,14-15H,9,12-13,16-17H2,1-5H3,(H,30,33);1H. The molecular formula is C27H34Cl3N3O3. The molecule has 0 aliphatic heterocycles. The summed E-state index contributed by atoms with van der Waals surface area (Å²) in [7, 11) is 3.54. The van der Waals surface area contributed by atoms with Gasteiger partial charge in [-0.05, 0) is 43.1 Å². The summed E-state index contributed by atoms with van der Waals surface area (Å²) in [5.41, 5.74) is 0.872. The zero-order valence-electron chi connectivity index (χ0n) is 21.4. The number of fused-ring (bicyclic) bond motifs is 1. The Bertz CT molecular complexity index is 1250. The molecule has 0 aliphatic rings. The van der Waals surface area contributed by atoms with Gasteiger partial charge in [0.2, 0.25) is 0 Å². The normalized spacial score (nSPS) is 11.4. The van der Waals surface area contributed by atoms with Crippen LogP contribution in [0, 0.1) is 5.41 Å². The van der Waals surface area contributed by atoms with Gasteiger partial charge < -0.3 is 15.0 Å². The van der Waals surface area contributed by atoms with Gasteiger partial charge in [-0.15, -0.1) is 12.4 Å². The minimum absolute atomic E-state index is 0. The van der Waals surface area contributed by atoms with Crippen LogP contribution in [0.25, 0.3) is 10.8 Å². The molecule has 3 rings (SSSR count). The first-order valence-electron chi connectivity index (χ1n) is 11.6. The lowest BCUT2D eigenvalue weighted by molar-refractivity contribution is 0.0935. The van der Waals surface area contributed by atoms with Crippen molar-refractivity contribution >= 4 is 52.3 Å². The molecule has 0 bridgehead atoms. The lowest BCUT2D eigenvalue weighted by Crippen LogP contribution is -2.36. The number of aromatic nitrogens is 1. The third kappa shape index (κ3) is 7.39. The second-order valence-electron chi connectivity index (χ2n) is 9.98. The fourth-order valence-corrected chi connectivity index (χ4v) is 4.40. The van der Waals surface area contributed by atoms with Crippen molar-refractivity contribution in [1.29, 1.82) is 0 Å². The van der Waals surface area contributed by atoms with E-state index in [1.807, 2.05) is 39.0 Å². The molecule has 196 valence electrons. The van der Waals surface area contributed by atoms with Crippen molar-refractivity contribution in [3.8, 4) is 5.75 Å². The maximum absolute atomic E-state index is 13.5. The number of nitrogens with zero attached hydrogens (tertiary/aromatic N) is 2. The fraction of sp³-hybridized carbons (Fsp3) is 0.407. The monoisotopic (exact) mass is 553 g/mol. The summed E-state index contributed by atoms with van der Waals surface area (Å²) in [5.74, 6) is -0.0528. The third-order valence-electron chi connectivity index (χ3n) is 5.61. The lowest BCUT2D eigenvalue weighted by atomic mass is 9.96. The predicted molar refractivity (Wildman–Crippen MR) is 151 cm³/mol. The molecule has 3 aromatic rings. The number of amides is 1. The number of carbonyl (C=O) groups is 1. The summed E-state index contributed by atoms with van der Waals surface area (Å²) in [4.78, 5) is 29.1. The number of halogens is 3. The van der Waals surface area contributed by atoms with E-state index in [0.717, 1.165) is 19.5 Å². The molecule has 0 radical (unpaired) electrons. The minimum atomic E-state index is -0.359. The van der Waals surface area contributed by atoms with Crippen LogP contribution in [0.2, 0.25) is 10.0 Å². The van der Waals surface area contributed by atoms with Crippen LogP contribution < -0.4 is 15.6 Å². The van der Waals surface area contributed by atoms with Crippen molar-refractivity contribution in [1.82, 2.24) is 14.8 Å². The van der Waals surface area contributed by atoms with Gasteiger partial charge in [0.05, 0.1) is 22.5 Å². The quantitative estimate of drug-likeness (QED) is 0.328. The molecular weight excluding hydrogens is 521 g/mol. The summed E-state index contributed by atoms with van der Waals surface area (Å²) < 4.78 is 7.15. The molecule has 0 fully saturated rings. The molecule has 1 N–H and O–H groups in total. The van der Waals surface area contributed by atoms with Crippen LogP contribution in [0.15, 0.2) is 47.3 Å². The molecule has 6 nitrogen and oxygen atoms in total. The van der Waals surface area contributed by atoms with E-state index in [-0.39, 0.29) is 40.0 Å². The summed E-state index contributed by atoms with van der Waals surface area (Å²) in [6.07, 6.45) is 0.760. The van der Waals surface area contributed by atoms with E-state index < -0.39 is 0 Å². The molecule has 0 saturated carbocycles. The lowest BCUT2D eigenvalue weighted by Gasteiger charge is -2.25. The average molecular weight is 555 g/mol. The van der Waals surface area contributed by atoms with Crippen LogP contribution in [-0.4, -0.2) is 42.6 Å². The van der Waals surface area contributed by atoms with Gasteiger partial charge in [-0.25, -0.2) is 0 Å². The minimum Gasteiger partial charge on any atom is -0.494 e. The second kappa shape index (κ2) is 12.8. The number of hydrogen-bond donors (Lipinski definition) is 1. The van der Waals surface area contributed by atoms with E-state index in [1.54, 1.807) is 6.07 Å². The van der Waals surface area contributed by atoms with Crippen molar-refractivity contribution in [2.24, 2.45) is 5.41 Å². The maximum atomic E-state index is 13.5. The number of rotatable bonds is 9. The predicted octanol–water partition coefficient (Wildman–Crippen LogP) is 6.04. The Hall–Kier alpha value is -2.25. The van der Waals surface area contributed by atoms with Crippen molar-refractivity contribution in [3.63, 3.8) is 0 Å². The van der Waals surface area contributed by atoms with Crippen LogP contribution >= 0.6 is 35.6 Å². The van der Waals surface area contributed by atoms with E-state index in [2.05, 4.69) is 29.4 Å². The van der Waals surface area contributed by atoms with E-state index in [4.69, 9.17) is 27.9 Å². The van der Waals surface area contributed by atoms with Gasteiger partial charge in [-0.2, -0.15) is 0 Å². The van der Waals surface area contributed by atoms with Gasteiger partial charge >= 0.3 is 0 Å². The zero-order chi connectivity index (χ0) is 25.8. The summed E-state index contributed by atoms with van der Waals surface area (Å²) in [6.45, 7) is 8.47. The Morgan fingerprint density at radius 2 is 1.69 bits per heavy atom. The Labute approximate surface area is 228 Å².